The summed E-state index contributed by atoms with van der Waals surface area (Å²) in [5.41, 5.74) is 1.66. The van der Waals surface area contributed by atoms with Crippen LogP contribution in [0.2, 0.25) is 0 Å². The molecule has 0 fully saturated rings. The molecular formula is C19H23NO4S. The molecule has 0 bridgehead atoms. The molecule has 0 aliphatic heterocycles. The van der Waals surface area contributed by atoms with E-state index in [-0.39, 0.29) is 24.3 Å². The van der Waals surface area contributed by atoms with Crippen molar-refractivity contribution in [1.29, 1.82) is 0 Å². The molecule has 6 heteroatoms. The zero-order valence-corrected chi connectivity index (χ0v) is 15.2. The molecule has 2 rings (SSSR count). The number of carboxylic acids is 1. The molecule has 0 heterocycles. The van der Waals surface area contributed by atoms with Gasteiger partial charge in [-0.15, -0.1) is 0 Å². The highest BCUT2D eigenvalue weighted by Crippen LogP contribution is 2.26. The summed E-state index contributed by atoms with van der Waals surface area (Å²) in [6.45, 7) is 4.26. The van der Waals surface area contributed by atoms with Crippen LogP contribution in [0.1, 0.15) is 38.2 Å². The van der Waals surface area contributed by atoms with E-state index in [1.54, 1.807) is 42.5 Å². The van der Waals surface area contributed by atoms with Crippen LogP contribution in [-0.2, 0) is 14.8 Å². The lowest BCUT2D eigenvalue weighted by Crippen LogP contribution is -2.32. The van der Waals surface area contributed by atoms with E-state index in [4.69, 9.17) is 5.11 Å². The van der Waals surface area contributed by atoms with Crippen LogP contribution in [0.25, 0.3) is 0 Å². The third kappa shape index (κ3) is 4.82. The summed E-state index contributed by atoms with van der Waals surface area (Å²) in [5.74, 6) is -0.590. The lowest BCUT2D eigenvalue weighted by Gasteiger charge is -2.25. The van der Waals surface area contributed by atoms with E-state index in [2.05, 4.69) is 13.8 Å². The number of aliphatic carboxylic acids is 1. The maximum absolute atomic E-state index is 13.0. The molecule has 0 spiro atoms. The van der Waals surface area contributed by atoms with Gasteiger partial charge in [0.2, 0.25) is 0 Å². The Morgan fingerprint density at radius 1 is 1.04 bits per heavy atom. The Kier molecular flexibility index (Phi) is 6.20. The maximum Gasteiger partial charge on any atom is 0.303 e. The summed E-state index contributed by atoms with van der Waals surface area (Å²) in [6.07, 6.45) is 0.165. The molecule has 0 aliphatic carbocycles. The summed E-state index contributed by atoms with van der Waals surface area (Å²) in [5, 5.41) is 8.85. The van der Waals surface area contributed by atoms with Gasteiger partial charge >= 0.3 is 5.97 Å². The fraction of sp³-hybridized carbons (Fsp3) is 0.316. The van der Waals surface area contributed by atoms with E-state index < -0.39 is 16.0 Å². The number of hydrogen-bond acceptors (Lipinski definition) is 3. The van der Waals surface area contributed by atoms with Crippen molar-refractivity contribution in [3.05, 3.63) is 60.2 Å². The molecule has 0 unspecified atom stereocenters. The van der Waals surface area contributed by atoms with Gasteiger partial charge in [-0.1, -0.05) is 44.2 Å². The van der Waals surface area contributed by atoms with Crippen molar-refractivity contribution in [3.63, 3.8) is 0 Å². The average Bonchev–Trinajstić information content (AvgIpc) is 2.59. The van der Waals surface area contributed by atoms with E-state index in [9.17, 15) is 13.2 Å². The third-order valence-corrected chi connectivity index (χ3v) is 5.77. The second-order valence-electron chi connectivity index (χ2n) is 6.13. The Bertz CT molecular complexity index is 799. The Labute approximate surface area is 149 Å². The minimum absolute atomic E-state index is 0.0785. The first-order valence-corrected chi connectivity index (χ1v) is 9.66. The fourth-order valence-electron chi connectivity index (χ4n) is 2.51. The van der Waals surface area contributed by atoms with E-state index in [0.29, 0.717) is 11.6 Å². The second kappa shape index (κ2) is 8.16. The van der Waals surface area contributed by atoms with Gasteiger partial charge in [0, 0.05) is 13.0 Å². The molecule has 0 saturated heterocycles. The fourth-order valence-corrected chi connectivity index (χ4v) is 4.03. The van der Waals surface area contributed by atoms with Crippen molar-refractivity contribution in [3.8, 4) is 0 Å². The van der Waals surface area contributed by atoms with Crippen LogP contribution in [0.4, 0.5) is 5.69 Å². The molecular weight excluding hydrogens is 338 g/mol. The van der Waals surface area contributed by atoms with Gasteiger partial charge in [-0.05, 0) is 42.2 Å². The minimum atomic E-state index is -3.74. The predicted molar refractivity (Wildman–Crippen MR) is 98.4 cm³/mol. The van der Waals surface area contributed by atoms with E-state index in [0.717, 1.165) is 5.56 Å². The van der Waals surface area contributed by atoms with Crippen molar-refractivity contribution < 1.29 is 18.3 Å². The molecule has 0 radical (unpaired) electrons. The molecule has 0 amide bonds. The first-order chi connectivity index (χ1) is 11.8. The zero-order chi connectivity index (χ0) is 18.4. The predicted octanol–water partition coefficient (Wildman–Crippen LogP) is 3.87. The molecule has 134 valence electrons. The Morgan fingerprint density at radius 3 is 2.16 bits per heavy atom. The molecule has 0 aliphatic rings. The highest BCUT2D eigenvalue weighted by Gasteiger charge is 2.24. The van der Waals surface area contributed by atoms with Crippen molar-refractivity contribution in [2.75, 3.05) is 10.8 Å². The maximum atomic E-state index is 13.0. The van der Waals surface area contributed by atoms with Gasteiger partial charge in [-0.25, -0.2) is 8.42 Å². The number of rotatable bonds is 8. The van der Waals surface area contributed by atoms with Crippen LogP contribution in [0.5, 0.6) is 0 Å². The molecule has 0 saturated carbocycles. The van der Waals surface area contributed by atoms with Gasteiger partial charge < -0.3 is 5.11 Å². The van der Waals surface area contributed by atoms with E-state index in [1.165, 1.54) is 4.31 Å². The summed E-state index contributed by atoms with van der Waals surface area (Å²) < 4.78 is 27.3. The number of nitrogens with zero attached hydrogens (tertiary/aromatic N) is 1. The lowest BCUT2D eigenvalue weighted by molar-refractivity contribution is -0.137. The SMILES string of the molecule is CC(C)c1ccc(N(CCCC(=O)O)S(=O)(=O)c2ccccc2)cc1. The molecule has 25 heavy (non-hydrogen) atoms. The quantitative estimate of drug-likeness (QED) is 0.774. The molecule has 1 N–H and O–H groups in total. The Hall–Kier alpha value is -2.34. The van der Waals surface area contributed by atoms with Gasteiger partial charge in [0.1, 0.15) is 0 Å². The normalized spacial score (nSPS) is 11.5. The monoisotopic (exact) mass is 361 g/mol. The van der Waals surface area contributed by atoms with Gasteiger partial charge in [0.25, 0.3) is 10.0 Å². The van der Waals surface area contributed by atoms with Crippen LogP contribution in [0.15, 0.2) is 59.5 Å². The van der Waals surface area contributed by atoms with Gasteiger partial charge in [-0.3, -0.25) is 9.10 Å². The third-order valence-electron chi connectivity index (χ3n) is 3.93. The van der Waals surface area contributed by atoms with Crippen LogP contribution < -0.4 is 4.31 Å². The van der Waals surface area contributed by atoms with Crippen LogP contribution in [0.3, 0.4) is 0 Å². The first-order valence-electron chi connectivity index (χ1n) is 8.22. The number of benzene rings is 2. The molecule has 0 aromatic heterocycles. The lowest BCUT2D eigenvalue weighted by atomic mass is 10.0. The minimum Gasteiger partial charge on any atom is -0.481 e. The number of carbonyl (C=O) groups is 1. The number of sulfonamides is 1. The van der Waals surface area contributed by atoms with Crippen LogP contribution in [-0.4, -0.2) is 26.0 Å². The number of carboxylic acid groups (broad SMARTS) is 1. The van der Waals surface area contributed by atoms with Crippen molar-refractivity contribution in [2.24, 2.45) is 0 Å². The summed E-state index contributed by atoms with van der Waals surface area (Å²) in [4.78, 5) is 11.0. The highest BCUT2D eigenvalue weighted by molar-refractivity contribution is 7.92. The van der Waals surface area contributed by atoms with Crippen molar-refractivity contribution >= 4 is 21.7 Å². The number of anilines is 1. The van der Waals surface area contributed by atoms with Crippen LogP contribution >= 0.6 is 0 Å². The standard InChI is InChI=1S/C19H23NO4S/c1-15(2)16-10-12-17(13-11-16)20(14-6-9-19(21)22)25(23,24)18-7-4-3-5-8-18/h3-5,7-8,10-13,15H,6,9,14H2,1-2H3,(H,21,22). The highest BCUT2D eigenvalue weighted by atomic mass is 32.2. The van der Waals surface area contributed by atoms with Gasteiger partial charge in [-0.2, -0.15) is 0 Å². The largest absolute Gasteiger partial charge is 0.481 e. The van der Waals surface area contributed by atoms with Crippen LogP contribution in [0, 0.1) is 0 Å². The smallest absolute Gasteiger partial charge is 0.303 e. The summed E-state index contributed by atoms with van der Waals surface area (Å²) in [6, 6.07) is 15.5. The molecule has 0 atom stereocenters. The number of hydrogen-bond donors (Lipinski definition) is 1. The molecule has 5 nitrogen and oxygen atoms in total. The van der Waals surface area contributed by atoms with Crippen molar-refractivity contribution in [2.45, 2.75) is 37.5 Å². The topological polar surface area (TPSA) is 74.7 Å². The van der Waals surface area contributed by atoms with E-state index in [1.807, 2.05) is 12.1 Å². The first kappa shape index (κ1) is 19.0. The Morgan fingerprint density at radius 2 is 1.64 bits per heavy atom. The average molecular weight is 361 g/mol. The van der Waals surface area contributed by atoms with Gasteiger partial charge in [0.15, 0.2) is 0 Å². The Balaban J connectivity index is 2.37. The van der Waals surface area contributed by atoms with E-state index >= 15 is 0 Å². The molecule has 2 aromatic carbocycles. The zero-order valence-electron chi connectivity index (χ0n) is 14.4. The van der Waals surface area contributed by atoms with Crippen molar-refractivity contribution in [1.82, 2.24) is 0 Å². The van der Waals surface area contributed by atoms with Gasteiger partial charge in [0.05, 0.1) is 10.6 Å². The summed E-state index contributed by atoms with van der Waals surface area (Å²) >= 11 is 0. The second-order valence-corrected chi connectivity index (χ2v) is 8.00. The molecule has 2 aromatic rings. The summed E-state index contributed by atoms with van der Waals surface area (Å²) in [7, 11) is -3.74.